The molecular formula is C9H13ClN4O. The van der Waals surface area contributed by atoms with Gasteiger partial charge in [0.1, 0.15) is 5.02 Å². The van der Waals surface area contributed by atoms with Gasteiger partial charge in [-0.3, -0.25) is 9.48 Å². The summed E-state index contributed by atoms with van der Waals surface area (Å²) in [6, 6.07) is 0. The highest BCUT2D eigenvalue weighted by Gasteiger charge is 2.29. The van der Waals surface area contributed by atoms with Gasteiger partial charge in [-0.05, 0) is 6.42 Å². The van der Waals surface area contributed by atoms with Crippen molar-refractivity contribution in [2.45, 2.75) is 13.0 Å². The van der Waals surface area contributed by atoms with Gasteiger partial charge in [0, 0.05) is 19.8 Å². The van der Waals surface area contributed by atoms with Gasteiger partial charge in [-0.2, -0.15) is 5.10 Å². The molecule has 1 aliphatic rings. The maximum atomic E-state index is 11.6. The van der Waals surface area contributed by atoms with E-state index in [1.165, 1.54) is 0 Å². The molecule has 1 aliphatic heterocycles. The molecule has 1 aromatic rings. The second-order valence-corrected chi connectivity index (χ2v) is 4.24. The standard InChI is InChI=1S/C9H13ClN4O/c1-13-3-2-6(9(13)15)4-14-5-7(10)8(11)12-14/h5-6H,2-4H2,1H3,(H2,11,12). The number of halogens is 1. The Balaban J connectivity index is 2.06. The first kappa shape index (κ1) is 10.3. The largest absolute Gasteiger partial charge is 0.381 e. The van der Waals surface area contributed by atoms with Crippen LogP contribution in [0.25, 0.3) is 0 Å². The Morgan fingerprint density at radius 1 is 1.73 bits per heavy atom. The molecule has 0 saturated carbocycles. The van der Waals surface area contributed by atoms with E-state index in [1.54, 1.807) is 15.8 Å². The van der Waals surface area contributed by atoms with Crippen molar-refractivity contribution in [3.05, 3.63) is 11.2 Å². The predicted molar refractivity (Wildman–Crippen MR) is 57.4 cm³/mol. The molecule has 2 N–H and O–H groups in total. The molecule has 1 fully saturated rings. The fourth-order valence-electron chi connectivity index (χ4n) is 1.80. The third-order valence-electron chi connectivity index (χ3n) is 2.69. The SMILES string of the molecule is CN1CCC(Cn2cc(Cl)c(N)n2)C1=O. The fraction of sp³-hybridized carbons (Fsp3) is 0.556. The Morgan fingerprint density at radius 3 is 2.93 bits per heavy atom. The molecule has 0 bridgehead atoms. The van der Waals surface area contributed by atoms with Crippen LogP contribution in [-0.4, -0.2) is 34.2 Å². The van der Waals surface area contributed by atoms with E-state index >= 15 is 0 Å². The Kier molecular flexibility index (Phi) is 2.56. The average molecular weight is 229 g/mol. The lowest BCUT2D eigenvalue weighted by molar-refractivity contribution is -0.130. The van der Waals surface area contributed by atoms with Crippen LogP contribution >= 0.6 is 11.6 Å². The summed E-state index contributed by atoms with van der Waals surface area (Å²) in [5.41, 5.74) is 5.52. The normalized spacial score (nSPS) is 21.3. The lowest BCUT2D eigenvalue weighted by Gasteiger charge is -2.09. The zero-order chi connectivity index (χ0) is 11.0. The van der Waals surface area contributed by atoms with Crippen LogP contribution in [0.1, 0.15) is 6.42 Å². The molecule has 2 heterocycles. The molecule has 0 radical (unpaired) electrons. The van der Waals surface area contributed by atoms with Crippen molar-refractivity contribution >= 4 is 23.3 Å². The van der Waals surface area contributed by atoms with Crippen LogP contribution in [-0.2, 0) is 11.3 Å². The van der Waals surface area contributed by atoms with E-state index < -0.39 is 0 Å². The smallest absolute Gasteiger partial charge is 0.227 e. The van der Waals surface area contributed by atoms with Gasteiger partial charge in [0.2, 0.25) is 5.91 Å². The maximum absolute atomic E-state index is 11.6. The van der Waals surface area contributed by atoms with Gasteiger partial charge in [-0.1, -0.05) is 11.6 Å². The van der Waals surface area contributed by atoms with Gasteiger partial charge in [-0.25, -0.2) is 0 Å². The quantitative estimate of drug-likeness (QED) is 0.806. The molecule has 1 amide bonds. The summed E-state index contributed by atoms with van der Waals surface area (Å²) in [5.74, 6) is 0.487. The minimum absolute atomic E-state index is 0.00497. The molecule has 0 aliphatic carbocycles. The molecule has 1 aromatic heterocycles. The van der Waals surface area contributed by atoms with E-state index in [1.807, 2.05) is 7.05 Å². The van der Waals surface area contributed by atoms with Gasteiger partial charge in [0.05, 0.1) is 12.5 Å². The van der Waals surface area contributed by atoms with Gasteiger partial charge in [0.15, 0.2) is 5.82 Å². The first-order valence-corrected chi connectivity index (χ1v) is 5.19. The van der Waals surface area contributed by atoms with Crippen molar-refractivity contribution in [1.82, 2.24) is 14.7 Å². The summed E-state index contributed by atoms with van der Waals surface area (Å²) in [4.78, 5) is 13.4. The maximum Gasteiger partial charge on any atom is 0.227 e. The number of rotatable bonds is 2. The summed E-state index contributed by atoms with van der Waals surface area (Å²) >= 11 is 5.78. The molecule has 1 unspecified atom stereocenters. The highest BCUT2D eigenvalue weighted by Crippen LogP contribution is 2.21. The van der Waals surface area contributed by atoms with Crippen LogP contribution < -0.4 is 5.73 Å². The molecule has 2 rings (SSSR count). The zero-order valence-corrected chi connectivity index (χ0v) is 9.24. The highest BCUT2D eigenvalue weighted by molar-refractivity contribution is 6.32. The molecule has 0 aromatic carbocycles. The fourth-order valence-corrected chi connectivity index (χ4v) is 1.95. The minimum atomic E-state index is 0.00497. The Labute approximate surface area is 92.8 Å². The summed E-state index contributed by atoms with van der Waals surface area (Å²) < 4.78 is 1.64. The molecule has 15 heavy (non-hydrogen) atoms. The number of anilines is 1. The number of amides is 1. The predicted octanol–water partition coefficient (Wildman–Crippen LogP) is 0.597. The van der Waals surface area contributed by atoms with Crippen LogP contribution in [0.2, 0.25) is 5.02 Å². The van der Waals surface area contributed by atoms with Crippen molar-refractivity contribution in [1.29, 1.82) is 0 Å². The van der Waals surface area contributed by atoms with E-state index in [-0.39, 0.29) is 11.8 Å². The number of nitrogen functional groups attached to an aromatic ring is 1. The zero-order valence-electron chi connectivity index (χ0n) is 8.48. The Hall–Kier alpha value is -1.23. The number of hydrogen-bond acceptors (Lipinski definition) is 3. The third-order valence-corrected chi connectivity index (χ3v) is 2.98. The van der Waals surface area contributed by atoms with Crippen LogP contribution in [0.4, 0.5) is 5.82 Å². The summed E-state index contributed by atoms with van der Waals surface area (Å²) in [7, 11) is 1.81. The van der Waals surface area contributed by atoms with Gasteiger partial charge < -0.3 is 10.6 Å². The van der Waals surface area contributed by atoms with Gasteiger partial charge in [-0.15, -0.1) is 0 Å². The number of likely N-dealkylation sites (tertiary alicyclic amines) is 1. The molecule has 6 heteroatoms. The summed E-state index contributed by atoms with van der Waals surface area (Å²) in [6.45, 7) is 1.37. The van der Waals surface area contributed by atoms with Crippen LogP contribution in [0, 0.1) is 5.92 Å². The van der Waals surface area contributed by atoms with Crippen LogP contribution in [0.5, 0.6) is 0 Å². The second-order valence-electron chi connectivity index (χ2n) is 3.83. The topological polar surface area (TPSA) is 64.2 Å². The van der Waals surface area contributed by atoms with Crippen LogP contribution in [0.3, 0.4) is 0 Å². The van der Waals surface area contributed by atoms with E-state index in [0.717, 1.165) is 13.0 Å². The van der Waals surface area contributed by atoms with E-state index in [2.05, 4.69) is 5.10 Å². The minimum Gasteiger partial charge on any atom is -0.381 e. The molecule has 5 nitrogen and oxygen atoms in total. The number of hydrogen-bond donors (Lipinski definition) is 1. The third kappa shape index (κ3) is 1.92. The number of carbonyl (C=O) groups is 1. The van der Waals surface area contributed by atoms with E-state index in [9.17, 15) is 4.79 Å². The molecular weight excluding hydrogens is 216 g/mol. The van der Waals surface area contributed by atoms with Crippen molar-refractivity contribution in [3.63, 3.8) is 0 Å². The number of carbonyl (C=O) groups excluding carboxylic acids is 1. The summed E-state index contributed by atoms with van der Waals surface area (Å²) in [6.07, 6.45) is 2.52. The van der Waals surface area contributed by atoms with Crippen molar-refractivity contribution in [3.8, 4) is 0 Å². The first-order valence-electron chi connectivity index (χ1n) is 4.81. The highest BCUT2D eigenvalue weighted by atomic mass is 35.5. The lowest BCUT2D eigenvalue weighted by atomic mass is 10.1. The molecule has 0 spiro atoms. The Bertz CT molecular complexity index is 370. The van der Waals surface area contributed by atoms with Gasteiger partial charge in [0.25, 0.3) is 0 Å². The van der Waals surface area contributed by atoms with Crippen molar-refractivity contribution < 1.29 is 4.79 Å². The van der Waals surface area contributed by atoms with Crippen molar-refractivity contribution in [2.75, 3.05) is 19.3 Å². The average Bonchev–Trinajstić information content (AvgIpc) is 2.65. The molecule has 82 valence electrons. The first-order chi connectivity index (χ1) is 7.08. The number of aromatic nitrogens is 2. The monoisotopic (exact) mass is 228 g/mol. The van der Waals surface area contributed by atoms with E-state index in [4.69, 9.17) is 17.3 Å². The Morgan fingerprint density at radius 2 is 2.47 bits per heavy atom. The van der Waals surface area contributed by atoms with E-state index in [0.29, 0.717) is 17.4 Å². The number of nitrogens with zero attached hydrogens (tertiary/aromatic N) is 3. The lowest BCUT2D eigenvalue weighted by Crippen LogP contribution is -2.25. The van der Waals surface area contributed by atoms with Crippen molar-refractivity contribution in [2.24, 2.45) is 5.92 Å². The van der Waals surface area contributed by atoms with Gasteiger partial charge >= 0.3 is 0 Å². The molecule has 1 saturated heterocycles. The molecule has 1 atom stereocenters. The second kappa shape index (κ2) is 3.73. The summed E-state index contributed by atoms with van der Waals surface area (Å²) in [5, 5.41) is 4.46. The van der Waals surface area contributed by atoms with Crippen LogP contribution in [0.15, 0.2) is 6.20 Å². The number of nitrogens with two attached hydrogens (primary N) is 1.